The summed E-state index contributed by atoms with van der Waals surface area (Å²) in [5.74, 6) is 2.15. The summed E-state index contributed by atoms with van der Waals surface area (Å²) in [5.41, 5.74) is 13.0. The largest absolute Gasteiger partial charge is 0.509 e. The minimum atomic E-state index is -0.195. The molecule has 314 valence electrons. The van der Waals surface area contributed by atoms with E-state index in [0.717, 1.165) is 67.1 Å². The third-order valence-electron chi connectivity index (χ3n) is 13.9. The van der Waals surface area contributed by atoms with Crippen LogP contribution in [0.3, 0.4) is 0 Å². The fourth-order valence-corrected chi connectivity index (χ4v) is 10.0. The van der Waals surface area contributed by atoms with Gasteiger partial charge in [-0.15, -0.1) is 48.1 Å². The maximum absolute atomic E-state index is 6.76. The molecular weight excluding hydrogens is 964 g/mol. The molecule has 0 unspecified atom stereocenters. The Bertz CT molecular complexity index is 3370. The zero-order valence-corrected chi connectivity index (χ0v) is 38.2. The van der Waals surface area contributed by atoms with Crippen LogP contribution in [0.15, 0.2) is 182 Å². The zero-order valence-electron chi connectivity index (χ0n) is 35.9. The number of hydrogen-bond donors (Lipinski definition) is 0. The van der Waals surface area contributed by atoms with Gasteiger partial charge < -0.3 is 19.1 Å². The number of anilines is 4. The Balaban J connectivity index is 0.00000456. The van der Waals surface area contributed by atoms with Gasteiger partial charge in [0.15, 0.2) is 0 Å². The molecule has 2 aliphatic rings. The van der Waals surface area contributed by atoms with Crippen molar-refractivity contribution in [1.29, 1.82) is 0 Å². The molecule has 0 saturated carbocycles. The number of hydrogen-bond acceptors (Lipinski definition) is 4. The van der Waals surface area contributed by atoms with Crippen molar-refractivity contribution >= 4 is 55.3 Å². The van der Waals surface area contributed by atoms with Crippen molar-refractivity contribution < 1.29 is 25.8 Å². The molecule has 0 aliphatic carbocycles. The Kier molecular flexibility index (Phi) is 9.41. The molecule has 0 atom stereocenters. The molecule has 2 aromatic heterocycles. The van der Waals surface area contributed by atoms with Crippen molar-refractivity contribution in [2.45, 2.75) is 38.5 Å². The van der Waals surface area contributed by atoms with Crippen LogP contribution in [0.4, 0.5) is 22.7 Å². The maximum Gasteiger partial charge on any atom is 0.139 e. The van der Waals surface area contributed by atoms with Gasteiger partial charge in [0, 0.05) is 94.2 Å². The van der Waals surface area contributed by atoms with Gasteiger partial charge in [-0.1, -0.05) is 167 Å². The molecular formula is C58H43N4OPt-3. The fourth-order valence-electron chi connectivity index (χ4n) is 10.0. The standard InChI is InChI=1S/C58H43N4O.Pt/c1-57(2)49-28-15-27-48-47-32-31-43(36-52(47)62(54(48)49)56-50(58(57,3)4)29-16-34-59-56)63-42-23-13-22-41(35-42)60-37-61(55-46-24-12-11-21-40(46)30-33-51(55)60)53-44(38-17-7-5-8-18-38)25-14-26-45(53)39-19-9-6-10-20-39;/h5-34,37H,1-4H3;/q-3;. The monoisotopic (exact) mass is 1010 g/mol. The second kappa shape index (κ2) is 15.1. The van der Waals surface area contributed by atoms with Crippen molar-refractivity contribution in [3.05, 3.63) is 212 Å². The SMILES string of the molecule is CC1(C)c2cccnc2-n2c3[c-]c(Oc4[c-]c(N5[CH-]N(c6c(-c7ccccc7)cccc6-c6ccccc6)c6c5ccc5ccccc65)ccc4)ccc3c3cccc(c32)C1(C)C.[Pt]. The van der Waals surface area contributed by atoms with Gasteiger partial charge in [0.1, 0.15) is 5.82 Å². The van der Waals surface area contributed by atoms with E-state index in [1.807, 2.05) is 24.4 Å². The van der Waals surface area contributed by atoms with Gasteiger partial charge in [-0.2, -0.15) is 12.1 Å². The number of ether oxygens (including phenoxy) is 1. The van der Waals surface area contributed by atoms with Crippen LogP contribution in [0, 0.1) is 18.8 Å². The van der Waals surface area contributed by atoms with Crippen LogP contribution >= 0.6 is 0 Å². The molecule has 10 aromatic rings. The first-order valence-electron chi connectivity index (χ1n) is 21.6. The normalized spacial score (nSPS) is 14.6. The Morgan fingerprint density at radius 2 is 1.16 bits per heavy atom. The summed E-state index contributed by atoms with van der Waals surface area (Å²) in [4.78, 5) is 9.66. The minimum absolute atomic E-state index is 0. The first kappa shape index (κ1) is 39.9. The first-order valence-corrected chi connectivity index (χ1v) is 21.6. The van der Waals surface area contributed by atoms with E-state index in [9.17, 15) is 0 Å². The summed E-state index contributed by atoms with van der Waals surface area (Å²) in [5, 5.41) is 4.64. The summed E-state index contributed by atoms with van der Waals surface area (Å²) < 4.78 is 9.07. The van der Waals surface area contributed by atoms with Crippen molar-refractivity contribution in [2.75, 3.05) is 9.80 Å². The number of fused-ring (bicyclic) bond motifs is 8. The molecule has 0 N–H and O–H groups in total. The topological polar surface area (TPSA) is 33.5 Å². The van der Waals surface area contributed by atoms with E-state index in [4.69, 9.17) is 9.72 Å². The summed E-state index contributed by atoms with van der Waals surface area (Å²) in [7, 11) is 0. The Hall–Kier alpha value is -6.94. The molecule has 0 saturated heterocycles. The second-order valence-electron chi connectivity index (χ2n) is 17.7. The van der Waals surface area contributed by atoms with Crippen LogP contribution in [0.2, 0.25) is 0 Å². The van der Waals surface area contributed by atoms with Gasteiger partial charge in [0.05, 0.1) is 0 Å². The summed E-state index contributed by atoms with van der Waals surface area (Å²) in [6.45, 7) is 11.6. The number of aromatic nitrogens is 2. The number of benzene rings is 8. The molecule has 0 radical (unpaired) electrons. The van der Waals surface area contributed by atoms with Gasteiger partial charge in [-0.25, -0.2) is 4.98 Å². The smallest absolute Gasteiger partial charge is 0.139 e. The molecule has 2 aliphatic heterocycles. The summed E-state index contributed by atoms with van der Waals surface area (Å²) in [6.07, 6.45) is 1.90. The minimum Gasteiger partial charge on any atom is -0.509 e. The van der Waals surface area contributed by atoms with E-state index in [1.54, 1.807) is 0 Å². The van der Waals surface area contributed by atoms with E-state index in [2.05, 4.69) is 219 Å². The van der Waals surface area contributed by atoms with E-state index < -0.39 is 0 Å². The molecule has 0 amide bonds. The number of nitrogens with zero attached hydrogens (tertiary/aromatic N) is 4. The van der Waals surface area contributed by atoms with Crippen LogP contribution in [0.1, 0.15) is 38.8 Å². The molecule has 6 heteroatoms. The molecule has 0 bridgehead atoms. The molecule has 64 heavy (non-hydrogen) atoms. The van der Waals surface area contributed by atoms with Gasteiger partial charge in [0.2, 0.25) is 0 Å². The molecule has 8 aromatic carbocycles. The van der Waals surface area contributed by atoms with Crippen LogP contribution in [-0.2, 0) is 31.9 Å². The van der Waals surface area contributed by atoms with E-state index in [-0.39, 0.29) is 31.9 Å². The van der Waals surface area contributed by atoms with Crippen molar-refractivity contribution in [1.82, 2.24) is 9.55 Å². The Morgan fingerprint density at radius 1 is 0.516 bits per heavy atom. The van der Waals surface area contributed by atoms with Crippen molar-refractivity contribution in [3.63, 3.8) is 0 Å². The maximum atomic E-state index is 6.76. The number of rotatable bonds is 6. The van der Waals surface area contributed by atoms with E-state index in [0.29, 0.717) is 11.5 Å². The average Bonchev–Trinajstić information content (AvgIpc) is 3.86. The third kappa shape index (κ3) is 5.98. The predicted octanol–water partition coefficient (Wildman–Crippen LogP) is 15.0. The van der Waals surface area contributed by atoms with Crippen molar-refractivity contribution in [2.24, 2.45) is 0 Å². The van der Waals surface area contributed by atoms with Crippen LogP contribution in [0.25, 0.3) is 60.6 Å². The fraction of sp³-hybridized carbons (Fsp3) is 0.103. The van der Waals surface area contributed by atoms with E-state index in [1.165, 1.54) is 27.4 Å². The van der Waals surface area contributed by atoms with Crippen LogP contribution in [0.5, 0.6) is 11.5 Å². The van der Waals surface area contributed by atoms with Gasteiger partial charge in [-0.05, 0) is 39.6 Å². The molecule has 5 nitrogen and oxygen atoms in total. The second-order valence-corrected chi connectivity index (χ2v) is 17.7. The molecule has 0 spiro atoms. The number of pyridine rings is 1. The Labute approximate surface area is 388 Å². The molecule has 12 rings (SSSR count). The van der Waals surface area contributed by atoms with Gasteiger partial charge >= 0.3 is 0 Å². The van der Waals surface area contributed by atoms with Gasteiger partial charge in [0.25, 0.3) is 0 Å². The van der Waals surface area contributed by atoms with Crippen molar-refractivity contribution in [3.8, 4) is 39.6 Å². The van der Waals surface area contributed by atoms with Crippen LogP contribution in [-0.4, -0.2) is 9.55 Å². The molecule has 0 fully saturated rings. The summed E-state index contributed by atoms with van der Waals surface area (Å²) in [6, 6.07) is 69.7. The van der Waals surface area contributed by atoms with E-state index >= 15 is 0 Å². The van der Waals surface area contributed by atoms with Gasteiger partial charge in [-0.3, -0.25) is 0 Å². The predicted molar refractivity (Wildman–Crippen MR) is 259 cm³/mol. The zero-order chi connectivity index (χ0) is 42.5. The first-order chi connectivity index (χ1) is 30.8. The number of para-hydroxylation sites is 2. The summed E-state index contributed by atoms with van der Waals surface area (Å²) >= 11 is 0. The average molecular weight is 1010 g/mol. The Morgan fingerprint density at radius 3 is 1.92 bits per heavy atom. The van der Waals surface area contributed by atoms with Crippen LogP contribution < -0.4 is 14.5 Å². The quantitative estimate of drug-likeness (QED) is 0.155. The molecule has 4 heterocycles. The third-order valence-corrected chi connectivity index (χ3v) is 13.9.